The van der Waals surface area contributed by atoms with Crippen molar-refractivity contribution in [2.24, 2.45) is 13.0 Å². The highest BCUT2D eigenvalue weighted by atomic mass is 35.5. The molecule has 3 nitrogen and oxygen atoms in total. The third-order valence-electron chi connectivity index (χ3n) is 2.70. The Kier molecular flexibility index (Phi) is 5.29. The summed E-state index contributed by atoms with van der Waals surface area (Å²) in [7, 11) is 1.85. The zero-order valence-corrected chi connectivity index (χ0v) is 11.3. The normalized spacial score (nSPS) is 13.1. The first-order valence-electron chi connectivity index (χ1n) is 5.82. The van der Waals surface area contributed by atoms with Gasteiger partial charge in [-0.3, -0.25) is 4.68 Å². The fraction of sp³-hybridized carbons (Fsp3) is 0.750. The van der Waals surface area contributed by atoms with E-state index in [2.05, 4.69) is 18.9 Å². The van der Waals surface area contributed by atoms with Crippen molar-refractivity contribution in [2.45, 2.75) is 40.2 Å². The summed E-state index contributed by atoms with van der Waals surface area (Å²) in [6.07, 6.45) is 2.41. The van der Waals surface area contributed by atoms with Gasteiger partial charge in [-0.25, -0.2) is 0 Å². The second-order valence-electron chi connectivity index (χ2n) is 4.39. The van der Waals surface area contributed by atoms with Crippen LogP contribution in [0.1, 0.15) is 37.9 Å². The van der Waals surface area contributed by atoms with Gasteiger partial charge in [-0.15, -0.1) is 0 Å². The molecule has 0 saturated carbocycles. The number of aryl methyl sites for hydroxylation is 2. The Hall–Kier alpha value is -0.540. The van der Waals surface area contributed by atoms with Crippen LogP contribution in [0, 0.1) is 12.8 Å². The van der Waals surface area contributed by atoms with Crippen LogP contribution in [0.5, 0.6) is 0 Å². The van der Waals surface area contributed by atoms with Gasteiger partial charge in [0.1, 0.15) is 5.15 Å². The molecule has 0 aliphatic rings. The van der Waals surface area contributed by atoms with Crippen LogP contribution in [0.2, 0.25) is 5.15 Å². The average Bonchev–Trinajstić information content (AvgIpc) is 2.45. The summed E-state index contributed by atoms with van der Waals surface area (Å²) >= 11 is 6.11. The number of halogens is 1. The molecule has 1 rings (SSSR count). The van der Waals surface area contributed by atoms with E-state index < -0.39 is 0 Å². The van der Waals surface area contributed by atoms with Crippen LogP contribution in [0.4, 0.5) is 0 Å². The highest BCUT2D eigenvalue weighted by Gasteiger charge is 2.11. The minimum absolute atomic E-state index is 0.562. The number of nitrogens with zero attached hydrogens (tertiary/aromatic N) is 2. The van der Waals surface area contributed by atoms with Crippen molar-refractivity contribution in [1.29, 1.82) is 0 Å². The van der Waals surface area contributed by atoms with E-state index in [4.69, 9.17) is 16.3 Å². The molecule has 16 heavy (non-hydrogen) atoms. The molecule has 1 atom stereocenters. The first kappa shape index (κ1) is 13.5. The number of rotatable bonds is 6. The van der Waals surface area contributed by atoms with Gasteiger partial charge in [-0.05, 0) is 19.3 Å². The molecule has 0 saturated heterocycles. The van der Waals surface area contributed by atoms with Crippen molar-refractivity contribution >= 4 is 11.6 Å². The van der Waals surface area contributed by atoms with Crippen LogP contribution in [0.25, 0.3) is 0 Å². The van der Waals surface area contributed by atoms with Gasteiger partial charge < -0.3 is 4.74 Å². The Bertz CT molecular complexity index is 336. The van der Waals surface area contributed by atoms with Crippen LogP contribution in [-0.2, 0) is 18.4 Å². The lowest BCUT2D eigenvalue weighted by Gasteiger charge is -2.10. The van der Waals surface area contributed by atoms with Crippen molar-refractivity contribution in [3.63, 3.8) is 0 Å². The van der Waals surface area contributed by atoms with Crippen molar-refractivity contribution in [1.82, 2.24) is 9.78 Å². The molecule has 0 radical (unpaired) electrons. The summed E-state index contributed by atoms with van der Waals surface area (Å²) in [4.78, 5) is 0. The Morgan fingerprint density at radius 2 is 2.19 bits per heavy atom. The Balaban J connectivity index is 2.43. The molecule has 1 aromatic heterocycles. The molecule has 0 bridgehead atoms. The van der Waals surface area contributed by atoms with Gasteiger partial charge in [0.05, 0.1) is 12.3 Å². The van der Waals surface area contributed by atoms with Gasteiger partial charge in [-0.2, -0.15) is 5.10 Å². The molecule has 0 aliphatic carbocycles. The van der Waals surface area contributed by atoms with E-state index in [0.29, 0.717) is 17.7 Å². The molecule has 1 heterocycles. The van der Waals surface area contributed by atoms with Crippen LogP contribution in [0.3, 0.4) is 0 Å². The first-order chi connectivity index (χ1) is 7.56. The third-order valence-corrected chi connectivity index (χ3v) is 3.17. The molecule has 0 fully saturated rings. The van der Waals surface area contributed by atoms with Crippen LogP contribution in [-0.4, -0.2) is 16.4 Å². The van der Waals surface area contributed by atoms with Gasteiger partial charge in [0.2, 0.25) is 0 Å². The molecule has 0 aliphatic heterocycles. The number of aromatic nitrogens is 2. The summed E-state index contributed by atoms with van der Waals surface area (Å²) in [5.74, 6) is 0.612. The fourth-order valence-electron chi connectivity index (χ4n) is 1.78. The first-order valence-corrected chi connectivity index (χ1v) is 6.19. The van der Waals surface area contributed by atoms with Gasteiger partial charge in [0.15, 0.2) is 0 Å². The van der Waals surface area contributed by atoms with E-state index in [1.54, 1.807) is 4.68 Å². The Morgan fingerprint density at radius 1 is 1.50 bits per heavy atom. The molecule has 0 spiro atoms. The highest BCUT2D eigenvalue weighted by molar-refractivity contribution is 6.30. The van der Waals surface area contributed by atoms with Gasteiger partial charge >= 0.3 is 0 Å². The maximum Gasteiger partial charge on any atom is 0.132 e. The minimum atomic E-state index is 0.562. The number of ether oxygens (including phenoxy) is 1. The molecule has 0 aromatic carbocycles. The summed E-state index contributed by atoms with van der Waals surface area (Å²) in [6.45, 7) is 7.71. The zero-order chi connectivity index (χ0) is 12.1. The predicted octanol–water partition coefficient (Wildman–Crippen LogP) is 3.33. The van der Waals surface area contributed by atoms with E-state index in [1.807, 2.05) is 14.0 Å². The predicted molar refractivity (Wildman–Crippen MR) is 66.7 cm³/mol. The van der Waals surface area contributed by atoms with E-state index in [1.165, 1.54) is 12.8 Å². The van der Waals surface area contributed by atoms with Crippen molar-refractivity contribution < 1.29 is 4.74 Å². The molecular weight excluding hydrogens is 224 g/mol. The second-order valence-corrected chi connectivity index (χ2v) is 4.75. The smallest absolute Gasteiger partial charge is 0.132 e. The minimum Gasteiger partial charge on any atom is -0.376 e. The van der Waals surface area contributed by atoms with Crippen molar-refractivity contribution in [3.05, 3.63) is 16.4 Å². The van der Waals surface area contributed by atoms with E-state index in [9.17, 15) is 0 Å². The summed E-state index contributed by atoms with van der Waals surface area (Å²) in [5, 5.41) is 4.93. The maximum atomic E-state index is 6.11. The highest BCUT2D eigenvalue weighted by Crippen LogP contribution is 2.19. The molecule has 4 heteroatoms. The molecule has 1 unspecified atom stereocenters. The average molecular weight is 245 g/mol. The summed E-state index contributed by atoms with van der Waals surface area (Å²) < 4.78 is 7.36. The monoisotopic (exact) mass is 244 g/mol. The lowest BCUT2D eigenvalue weighted by Crippen LogP contribution is -2.06. The van der Waals surface area contributed by atoms with Crippen molar-refractivity contribution in [2.75, 3.05) is 6.61 Å². The third kappa shape index (κ3) is 3.49. The molecule has 0 N–H and O–H groups in total. The quantitative estimate of drug-likeness (QED) is 0.768. The standard InChI is InChI=1S/C12H21ClN2O/c1-5-6-9(2)7-16-8-11-10(3)14-15(4)12(11)13/h9H,5-8H2,1-4H3. The summed E-state index contributed by atoms with van der Waals surface area (Å²) in [6, 6.07) is 0. The molecule has 1 aromatic rings. The SMILES string of the molecule is CCCC(C)COCc1c(C)nn(C)c1Cl. The van der Waals surface area contributed by atoms with E-state index in [-0.39, 0.29) is 0 Å². The van der Waals surface area contributed by atoms with E-state index in [0.717, 1.165) is 17.9 Å². The Morgan fingerprint density at radius 3 is 2.69 bits per heavy atom. The van der Waals surface area contributed by atoms with Crippen molar-refractivity contribution in [3.8, 4) is 0 Å². The van der Waals surface area contributed by atoms with Gasteiger partial charge in [0.25, 0.3) is 0 Å². The van der Waals surface area contributed by atoms with E-state index >= 15 is 0 Å². The summed E-state index contributed by atoms with van der Waals surface area (Å²) in [5.41, 5.74) is 1.96. The second kappa shape index (κ2) is 6.26. The largest absolute Gasteiger partial charge is 0.376 e. The van der Waals surface area contributed by atoms with Crippen LogP contribution >= 0.6 is 11.6 Å². The van der Waals surface area contributed by atoms with Crippen LogP contribution in [0.15, 0.2) is 0 Å². The molecule has 0 amide bonds. The van der Waals surface area contributed by atoms with Gasteiger partial charge in [0, 0.05) is 19.2 Å². The lowest BCUT2D eigenvalue weighted by atomic mass is 10.1. The topological polar surface area (TPSA) is 27.1 Å². The van der Waals surface area contributed by atoms with Crippen LogP contribution < -0.4 is 0 Å². The van der Waals surface area contributed by atoms with Gasteiger partial charge in [-0.1, -0.05) is 31.9 Å². The maximum absolute atomic E-state index is 6.11. The molecule has 92 valence electrons. The number of hydrogen-bond acceptors (Lipinski definition) is 2. The fourth-order valence-corrected chi connectivity index (χ4v) is 2.01. The number of hydrogen-bond donors (Lipinski definition) is 0. The zero-order valence-electron chi connectivity index (χ0n) is 10.6. The lowest BCUT2D eigenvalue weighted by molar-refractivity contribution is 0.0890. The Labute approximate surface area is 103 Å². The molecular formula is C12H21ClN2O.